The fraction of sp³-hybridized carbons (Fsp3) is 0.125. The van der Waals surface area contributed by atoms with Crippen LogP contribution in [0.3, 0.4) is 0 Å². The third-order valence-corrected chi connectivity index (χ3v) is 3.20. The van der Waals surface area contributed by atoms with Gasteiger partial charge in [-0.25, -0.2) is 4.79 Å². The fourth-order valence-electron chi connectivity index (χ4n) is 2.18. The molecule has 0 aliphatic heterocycles. The Morgan fingerprint density at radius 1 is 0.950 bits per heavy atom. The lowest BCUT2D eigenvalue weighted by molar-refractivity contribution is -0.155. The van der Waals surface area contributed by atoms with E-state index in [2.05, 4.69) is 0 Å². The molecule has 2 aromatic rings. The maximum absolute atomic E-state index is 11.7. The molecule has 1 atom stereocenters. The van der Waals surface area contributed by atoms with E-state index in [0.717, 1.165) is 0 Å². The number of Topliss-reactive ketones (excluding diaryl/α,β-unsaturated/α-hetero) is 1. The minimum absolute atomic E-state index is 0.0752. The van der Waals surface area contributed by atoms with E-state index in [0.29, 0.717) is 0 Å². The lowest BCUT2D eigenvalue weighted by Gasteiger charge is -2.26. The Labute approximate surface area is 116 Å². The number of hydrogen-bond acceptors (Lipinski definition) is 3. The highest BCUT2D eigenvalue weighted by Gasteiger charge is 2.42. The molecule has 0 saturated heterocycles. The number of carboxylic acid groups (broad SMARTS) is 1. The van der Waals surface area contributed by atoms with Gasteiger partial charge < -0.3 is 10.2 Å². The first-order valence-electron chi connectivity index (χ1n) is 6.09. The van der Waals surface area contributed by atoms with E-state index in [-0.39, 0.29) is 22.5 Å². The van der Waals surface area contributed by atoms with Crippen LogP contribution in [0.25, 0.3) is 0 Å². The summed E-state index contributed by atoms with van der Waals surface area (Å²) in [5.74, 6) is -1.71. The molecule has 0 aromatic heterocycles. The molecule has 102 valence electrons. The molecule has 0 saturated carbocycles. The molecule has 0 heterocycles. The van der Waals surface area contributed by atoms with Crippen molar-refractivity contribution in [2.24, 2.45) is 0 Å². The molecule has 0 aliphatic rings. The van der Waals surface area contributed by atoms with Crippen molar-refractivity contribution in [3.8, 4) is 0 Å². The van der Waals surface area contributed by atoms with E-state index >= 15 is 0 Å². The molecule has 0 aliphatic carbocycles. The first kappa shape index (κ1) is 14.0. The summed E-state index contributed by atoms with van der Waals surface area (Å²) in [4.78, 5) is 23.3. The smallest absolute Gasteiger partial charge is 0.345 e. The standard InChI is InChI=1S/C16H14O4/c1-11(17)13-9-5-6-10-14(13)16(20,15(18)19)12-7-3-2-4-8-12/h2-10,20H,1H3,(H,18,19). The summed E-state index contributed by atoms with van der Waals surface area (Å²) in [5, 5.41) is 20.2. The number of carboxylic acids is 1. The summed E-state index contributed by atoms with van der Waals surface area (Å²) in [7, 11) is 0. The van der Waals surface area contributed by atoms with Gasteiger partial charge in [0, 0.05) is 11.1 Å². The lowest BCUT2D eigenvalue weighted by Crippen LogP contribution is -2.38. The Morgan fingerprint density at radius 3 is 2.05 bits per heavy atom. The van der Waals surface area contributed by atoms with Crippen molar-refractivity contribution in [3.63, 3.8) is 0 Å². The summed E-state index contributed by atoms with van der Waals surface area (Å²) in [6.45, 7) is 1.34. The number of benzene rings is 2. The fourth-order valence-corrected chi connectivity index (χ4v) is 2.18. The number of aliphatic carboxylic acids is 1. The van der Waals surface area contributed by atoms with Crippen LogP contribution in [0.1, 0.15) is 28.4 Å². The number of hydrogen-bond donors (Lipinski definition) is 2. The van der Waals surface area contributed by atoms with Gasteiger partial charge in [-0.15, -0.1) is 0 Å². The van der Waals surface area contributed by atoms with Crippen LogP contribution in [0.15, 0.2) is 54.6 Å². The SMILES string of the molecule is CC(=O)c1ccccc1C(O)(C(=O)O)c1ccccc1. The van der Waals surface area contributed by atoms with Gasteiger partial charge in [0.25, 0.3) is 0 Å². The maximum Gasteiger partial charge on any atom is 0.345 e. The zero-order valence-corrected chi connectivity index (χ0v) is 10.9. The van der Waals surface area contributed by atoms with Gasteiger partial charge in [-0.1, -0.05) is 54.6 Å². The summed E-state index contributed by atoms with van der Waals surface area (Å²) in [5.41, 5.74) is -1.77. The highest BCUT2D eigenvalue weighted by atomic mass is 16.4. The molecule has 0 spiro atoms. The van der Waals surface area contributed by atoms with Crippen LogP contribution >= 0.6 is 0 Å². The second-order valence-electron chi connectivity index (χ2n) is 4.48. The quantitative estimate of drug-likeness (QED) is 0.835. The van der Waals surface area contributed by atoms with Crippen LogP contribution in [-0.4, -0.2) is 22.0 Å². The number of carbonyl (C=O) groups is 2. The van der Waals surface area contributed by atoms with E-state index in [1.165, 1.54) is 31.2 Å². The van der Waals surface area contributed by atoms with Crippen LogP contribution in [0.4, 0.5) is 0 Å². The highest BCUT2D eigenvalue weighted by Crippen LogP contribution is 2.32. The number of carbonyl (C=O) groups excluding carboxylic acids is 1. The number of aliphatic hydroxyl groups is 1. The van der Waals surface area contributed by atoms with Gasteiger partial charge in [0.15, 0.2) is 5.78 Å². The van der Waals surface area contributed by atoms with E-state index in [1.54, 1.807) is 30.3 Å². The van der Waals surface area contributed by atoms with Crippen molar-refractivity contribution in [2.75, 3.05) is 0 Å². The molecular formula is C16H14O4. The second-order valence-corrected chi connectivity index (χ2v) is 4.48. The largest absolute Gasteiger partial charge is 0.479 e. The molecular weight excluding hydrogens is 256 g/mol. The van der Waals surface area contributed by atoms with Crippen LogP contribution < -0.4 is 0 Å². The Bertz CT molecular complexity index is 649. The van der Waals surface area contributed by atoms with E-state index in [1.807, 2.05) is 0 Å². The minimum Gasteiger partial charge on any atom is -0.479 e. The zero-order chi connectivity index (χ0) is 14.8. The van der Waals surface area contributed by atoms with E-state index in [4.69, 9.17) is 0 Å². The molecule has 0 fully saturated rings. The summed E-state index contributed by atoms with van der Waals surface area (Å²) >= 11 is 0. The molecule has 2 N–H and O–H groups in total. The molecule has 0 radical (unpaired) electrons. The topological polar surface area (TPSA) is 74.6 Å². The summed E-state index contributed by atoms with van der Waals surface area (Å²) in [6.07, 6.45) is 0. The average molecular weight is 270 g/mol. The van der Waals surface area contributed by atoms with Gasteiger partial charge >= 0.3 is 5.97 Å². The van der Waals surface area contributed by atoms with Crippen molar-refractivity contribution in [3.05, 3.63) is 71.3 Å². The van der Waals surface area contributed by atoms with Crippen LogP contribution in [0.2, 0.25) is 0 Å². The van der Waals surface area contributed by atoms with Gasteiger partial charge in [-0.2, -0.15) is 0 Å². The highest BCUT2D eigenvalue weighted by molar-refractivity contribution is 5.98. The molecule has 4 heteroatoms. The van der Waals surface area contributed by atoms with Gasteiger partial charge in [0.2, 0.25) is 5.60 Å². The Kier molecular flexibility index (Phi) is 3.68. The van der Waals surface area contributed by atoms with Crippen LogP contribution in [0.5, 0.6) is 0 Å². The lowest BCUT2D eigenvalue weighted by atomic mass is 9.83. The second kappa shape index (κ2) is 5.27. The van der Waals surface area contributed by atoms with Crippen molar-refractivity contribution < 1.29 is 19.8 Å². The van der Waals surface area contributed by atoms with Crippen LogP contribution in [0, 0.1) is 0 Å². The molecule has 1 unspecified atom stereocenters. The first-order valence-corrected chi connectivity index (χ1v) is 6.09. The van der Waals surface area contributed by atoms with Gasteiger partial charge in [-0.05, 0) is 12.5 Å². The normalized spacial score (nSPS) is 13.5. The van der Waals surface area contributed by atoms with Crippen LogP contribution in [-0.2, 0) is 10.4 Å². The van der Waals surface area contributed by atoms with E-state index < -0.39 is 11.6 Å². The minimum atomic E-state index is -2.25. The van der Waals surface area contributed by atoms with Gasteiger partial charge in [0.1, 0.15) is 0 Å². The zero-order valence-electron chi connectivity index (χ0n) is 10.9. The van der Waals surface area contributed by atoms with Crippen molar-refractivity contribution in [1.82, 2.24) is 0 Å². The predicted molar refractivity (Wildman–Crippen MR) is 73.5 cm³/mol. The molecule has 20 heavy (non-hydrogen) atoms. The number of rotatable bonds is 4. The summed E-state index contributed by atoms with van der Waals surface area (Å²) < 4.78 is 0. The molecule has 4 nitrogen and oxygen atoms in total. The summed E-state index contributed by atoms with van der Waals surface area (Å²) in [6, 6.07) is 14.2. The Morgan fingerprint density at radius 2 is 1.50 bits per heavy atom. The maximum atomic E-state index is 11.7. The van der Waals surface area contributed by atoms with Crippen molar-refractivity contribution >= 4 is 11.8 Å². The molecule has 2 aromatic carbocycles. The van der Waals surface area contributed by atoms with Gasteiger partial charge in [0.05, 0.1) is 0 Å². The van der Waals surface area contributed by atoms with Crippen molar-refractivity contribution in [1.29, 1.82) is 0 Å². The predicted octanol–water partition coefficient (Wildman–Crippen LogP) is 2.21. The monoisotopic (exact) mass is 270 g/mol. The third kappa shape index (κ3) is 2.21. The molecule has 0 amide bonds. The Balaban J connectivity index is 2.73. The third-order valence-electron chi connectivity index (χ3n) is 3.20. The Hall–Kier alpha value is -2.46. The van der Waals surface area contributed by atoms with E-state index in [9.17, 15) is 19.8 Å². The van der Waals surface area contributed by atoms with Crippen molar-refractivity contribution in [2.45, 2.75) is 12.5 Å². The average Bonchev–Trinajstić information content (AvgIpc) is 2.47. The number of ketones is 1. The molecule has 2 rings (SSSR count). The first-order chi connectivity index (χ1) is 9.48. The molecule has 0 bridgehead atoms. The van der Waals surface area contributed by atoms with Gasteiger partial charge in [-0.3, -0.25) is 4.79 Å².